The van der Waals surface area contributed by atoms with Crippen LogP contribution in [0, 0.1) is 11.3 Å². The molecule has 0 saturated carbocycles. The molecule has 0 spiro atoms. The van der Waals surface area contributed by atoms with Gasteiger partial charge in [-0.15, -0.1) is 0 Å². The Hall–Kier alpha value is -0.0800. The van der Waals surface area contributed by atoms with Crippen molar-refractivity contribution < 1.29 is 0 Å². The third kappa shape index (κ3) is 3.76. The van der Waals surface area contributed by atoms with Crippen LogP contribution < -0.4 is 5.73 Å². The SMILES string of the molecule is CCC(C)(C)CCN1CC(CN)CC1C. The van der Waals surface area contributed by atoms with Crippen molar-refractivity contribution in [2.75, 3.05) is 19.6 Å². The summed E-state index contributed by atoms with van der Waals surface area (Å²) in [6.45, 7) is 12.7. The molecule has 0 aromatic heterocycles. The first-order valence-corrected chi connectivity index (χ1v) is 6.42. The van der Waals surface area contributed by atoms with E-state index in [1.807, 2.05) is 0 Å². The summed E-state index contributed by atoms with van der Waals surface area (Å²) in [4.78, 5) is 2.62. The Morgan fingerprint density at radius 3 is 2.53 bits per heavy atom. The number of nitrogens with two attached hydrogens (primary N) is 1. The van der Waals surface area contributed by atoms with Gasteiger partial charge in [-0.25, -0.2) is 0 Å². The quantitative estimate of drug-likeness (QED) is 0.758. The molecular weight excluding hydrogens is 184 g/mol. The molecule has 1 fully saturated rings. The van der Waals surface area contributed by atoms with Crippen molar-refractivity contribution >= 4 is 0 Å². The first kappa shape index (κ1) is 13.0. The number of hydrogen-bond acceptors (Lipinski definition) is 2. The van der Waals surface area contributed by atoms with Gasteiger partial charge in [0.1, 0.15) is 0 Å². The molecule has 15 heavy (non-hydrogen) atoms. The largest absolute Gasteiger partial charge is 0.330 e. The van der Waals surface area contributed by atoms with Crippen LogP contribution in [0.2, 0.25) is 0 Å². The Balaban J connectivity index is 2.33. The van der Waals surface area contributed by atoms with E-state index in [1.165, 1.54) is 32.4 Å². The van der Waals surface area contributed by atoms with Crippen LogP contribution in [0.3, 0.4) is 0 Å². The van der Waals surface area contributed by atoms with Gasteiger partial charge in [0.15, 0.2) is 0 Å². The summed E-state index contributed by atoms with van der Waals surface area (Å²) in [6, 6.07) is 0.742. The highest BCUT2D eigenvalue weighted by Crippen LogP contribution is 2.28. The van der Waals surface area contributed by atoms with E-state index in [2.05, 4.69) is 32.6 Å². The molecule has 1 saturated heterocycles. The fourth-order valence-electron chi connectivity index (χ4n) is 2.32. The number of nitrogens with zero attached hydrogens (tertiary/aromatic N) is 1. The molecular formula is C13H28N2. The van der Waals surface area contributed by atoms with Crippen molar-refractivity contribution in [3.63, 3.8) is 0 Å². The predicted molar refractivity (Wildman–Crippen MR) is 66.9 cm³/mol. The van der Waals surface area contributed by atoms with Crippen molar-refractivity contribution in [1.29, 1.82) is 0 Å². The number of rotatable bonds is 5. The van der Waals surface area contributed by atoms with Crippen LogP contribution in [0.1, 0.15) is 47.0 Å². The van der Waals surface area contributed by atoms with Gasteiger partial charge in [0.25, 0.3) is 0 Å². The molecule has 2 unspecified atom stereocenters. The first-order valence-electron chi connectivity index (χ1n) is 6.42. The summed E-state index contributed by atoms with van der Waals surface area (Å²) in [6.07, 6.45) is 3.88. The van der Waals surface area contributed by atoms with Crippen molar-refractivity contribution in [2.45, 2.75) is 53.0 Å². The molecule has 2 heteroatoms. The van der Waals surface area contributed by atoms with Gasteiger partial charge in [-0.2, -0.15) is 0 Å². The number of hydrogen-bond donors (Lipinski definition) is 1. The van der Waals surface area contributed by atoms with Crippen LogP contribution in [0.4, 0.5) is 0 Å². The molecule has 0 aromatic rings. The normalized spacial score (nSPS) is 28.6. The van der Waals surface area contributed by atoms with Crippen LogP contribution in [-0.2, 0) is 0 Å². The molecule has 2 nitrogen and oxygen atoms in total. The lowest BCUT2D eigenvalue weighted by atomic mass is 9.86. The minimum Gasteiger partial charge on any atom is -0.330 e. The lowest BCUT2D eigenvalue weighted by Gasteiger charge is -2.28. The zero-order valence-electron chi connectivity index (χ0n) is 10.9. The summed E-state index contributed by atoms with van der Waals surface area (Å²) in [5.74, 6) is 0.740. The maximum absolute atomic E-state index is 5.74. The topological polar surface area (TPSA) is 29.3 Å². The Kier molecular flexibility index (Phi) is 4.60. The van der Waals surface area contributed by atoms with Crippen LogP contribution in [0.25, 0.3) is 0 Å². The average molecular weight is 212 g/mol. The molecule has 1 aliphatic rings. The smallest absolute Gasteiger partial charge is 0.00706 e. The fraction of sp³-hybridized carbons (Fsp3) is 1.00. The van der Waals surface area contributed by atoms with Gasteiger partial charge in [-0.3, -0.25) is 0 Å². The Labute approximate surface area is 95.2 Å². The van der Waals surface area contributed by atoms with Crippen molar-refractivity contribution in [3.8, 4) is 0 Å². The molecule has 2 N–H and O–H groups in total. The van der Waals surface area contributed by atoms with Crippen LogP contribution in [0.5, 0.6) is 0 Å². The minimum atomic E-state index is 0.501. The van der Waals surface area contributed by atoms with E-state index in [0.717, 1.165) is 18.5 Å². The second kappa shape index (κ2) is 5.31. The molecule has 0 aromatic carbocycles. The third-order valence-electron chi connectivity index (χ3n) is 4.16. The second-order valence-electron chi connectivity index (χ2n) is 5.95. The van der Waals surface area contributed by atoms with Crippen molar-refractivity contribution in [2.24, 2.45) is 17.1 Å². The molecule has 0 bridgehead atoms. The predicted octanol–water partition coefficient (Wildman–Crippen LogP) is 2.48. The fourth-order valence-corrected chi connectivity index (χ4v) is 2.32. The van der Waals surface area contributed by atoms with E-state index < -0.39 is 0 Å². The zero-order valence-corrected chi connectivity index (χ0v) is 10.9. The number of likely N-dealkylation sites (tertiary alicyclic amines) is 1. The van der Waals surface area contributed by atoms with E-state index >= 15 is 0 Å². The van der Waals surface area contributed by atoms with E-state index in [4.69, 9.17) is 5.73 Å². The minimum absolute atomic E-state index is 0.501. The van der Waals surface area contributed by atoms with Crippen molar-refractivity contribution in [1.82, 2.24) is 4.90 Å². The summed E-state index contributed by atoms with van der Waals surface area (Å²) in [7, 11) is 0. The molecule has 0 aliphatic carbocycles. The maximum Gasteiger partial charge on any atom is 0.00706 e. The van der Waals surface area contributed by atoms with E-state index in [9.17, 15) is 0 Å². The lowest BCUT2D eigenvalue weighted by molar-refractivity contribution is 0.206. The Bertz CT molecular complexity index is 189. The van der Waals surface area contributed by atoms with Crippen LogP contribution in [-0.4, -0.2) is 30.6 Å². The monoisotopic (exact) mass is 212 g/mol. The van der Waals surface area contributed by atoms with Gasteiger partial charge < -0.3 is 10.6 Å². The molecule has 2 atom stereocenters. The molecule has 1 aliphatic heterocycles. The standard InChI is InChI=1S/C13H28N2/c1-5-13(3,4)6-7-15-10-12(9-14)8-11(15)2/h11-12H,5-10,14H2,1-4H3. The highest BCUT2D eigenvalue weighted by atomic mass is 15.2. The van der Waals surface area contributed by atoms with E-state index in [1.54, 1.807) is 0 Å². The van der Waals surface area contributed by atoms with E-state index in [-0.39, 0.29) is 0 Å². The van der Waals surface area contributed by atoms with E-state index in [0.29, 0.717) is 5.41 Å². The first-order chi connectivity index (χ1) is 6.98. The summed E-state index contributed by atoms with van der Waals surface area (Å²) >= 11 is 0. The Morgan fingerprint density at radius 2 is 2.07 bits per heavy atom. The third-order valence-corrected chi connectivity index (χ3v) is 4.16. The van der Waals surface area contributed by atoms with Crippen LogP contribution >= 0.6 is 0 Å². The molecule has 1 heterocycles. The highest BCUT2D eigenvalue weighted by molar-refractivity contribution is 4.83. The van der Waals surface area contributed by atoms with Crippen molar-refractivity contribution in [3.05, 3.63) is 0 Å². The zero-order chi connectivity index (χ0) is 11.5. The van der Waals surface area contributed by atoms with Gasteiger partial charge in [0.05, 0.1) is 0 Å². The lowest BCUT2D eigenvalue weighted by Crippen LogP contribution is -2.31. The maximum atomic E-state index is 5.74. The summed E-state index contributed by atoms with van der Waals surface area (Å²) < 4.78 is 0. The van der Waals surface area contributed by atoms with Crippen LogP contribution in [0.15, 0.2) is 0 Å². The van der Waals surface area contributed by atoms with Gasteiger partial charge in [-0.1, -0.05) is 27.2 Å². The highest BCUT2D eigenvalue weighted by Gasteiger charge is 2.28. The van der Waals surface area contributed by atoms with Gasteiger partial charge in [0.2, 0.25) is 0 Å². The Morgan fingerprint density at radius 1 is 1.40 bits per heavy atom. The van der Waals surface area contributed by atoms with Gasteiger partial charge >= 0.3 is 0 Å². The molecule has 90 valence electrons. The van der Waals surface area contributed by atoms with Gasteiger partial charge in [0, 0.05) is 12.6 Å². The molecule has 0 radical (unpaired) electrons. The van der Waals surface area contributed by atoms with Gasteiger partial charge in [-0.05, 0) is 44.2 Å². The summed E-state index contributed by atoms with van der Waals surface area (Å²) in [5.41, 5.74) is 6.24. The second-order valence-corrected chi connectivity index (χ2v) is 5.95. The summed E-state index contributed by atoms with van der Waals surface area (Å²) in [5, 5.41) is 0. The average Bonchev–Trinajstić information content (AvgIpc) is 2.57. The molecule has 0 amide bonds. The molecule has 1 rings (SSSR count).